The van der Waals surface area contributed by atoms with Gasteiger partial charge in [-0.25, -0.2) is 0 Å². The van der Waals surface area contributed by atoms with E-state index in [1.165, 1.54) is 0 Å². The highest BCUT2D eigenvalue weighted by molar-refractivity contribution is 6.21. The number of hydrogen-bond donors (Lipinski definition) is 0. The van der Waals surface area contributed by atoms with Crippen LogP contribution in [0.3, 0.4) is 0 Å². The maximum atomic E-state index is 6.24. The van der Waals surface area contributed by atoms with Crippen LogP contribution in [-0.2, 0) is 4.74 Å². The molecule has 0 aromatic carbocycles. The molecule has 2 heteroatoms. The van der Waals surface area contributed by atoms with Gasteiger partial charge in [-0.05, 0) is 24.7 Å². The molecule has 0 aromatic heterocycles. The zero-order chi connectivity index (χ0) is 11.7. The quantitative estimate of drug-likeness (QED) is 0.659. The third-order valence-electron chi connectivity index (χ3n) is 3.81. The van der Waals surface area contributed by atoms with E-state index < -0.39 is 0 Å². The minimum absolute atomic E-state index is 0.208. The molecule has 3 unspecified atom stereocenters. The van der Waals surface area contributed by atoms with E-state index in [0.29, 0.717) is 16.9 Å². The zero-order valence-corrected chi connectivity index (χ0v) is 11.5. The monoisotopic (exact) mass is 232 g/mol. The number of hydrogen-bond acceptors (Lipinski definition) is 1. The van der Waals surface area contributed by atoms with E-state index in [1.54, 1.807) is 0 Å². The molecule has 0 radical (unpaired) electrons. The normalized spacial score (nSPS) is 36.4. The Kier molecular flexibility index (Phi) is 4.11. The van der Waals surface area contributed by atoms with Crippen LogP contribution < -0.4 is 0 Å². The van der Waals surface area contributed by atoms with Crippen LogP contribution >= 0.6 is 11.6 Å². The molecule has 0 heterocycles. The van der Waals surface area contributed by atoms with E-state index in [4.69, 9.17) is 16.3 Å². The molecule has 1 aliphatic carbocycles. The van der Waals surface area contributed by atoms with Gasteiger partial charge in [0.1, 0.15) is 0 Å². The lowest BCUT2D eigenvalue weighted by Gasteiger charge is -2.50. The second-order valence-electron chi connectivity index (χ2n) is 6.23. The van der Waals surface area contributed by atoms with Crippen molar-refractivity contribution >= 4 is 11.6 Å². The van der Waals surface area contributed by atoms with Crippen molar-refractivity contribution in [2.75, 3.05) is 6.61 Å². The Balaban J connectivity index is 2.30. The van der Waals surface area contributed by atoms with Crippen LogP contribution in [0, 0.1) is 10.8 Å². The van der Waals surface area contributed by atoms with E-state index >= 15 is 0 Å². The first-order chi connectivity index (χ1) is 6.79. The van der Waals surface area contributed by atoms with Crippen LogP contribution in [0.25, 0.3) is 0 Å². The summed E-state index contributed by atoms with van der Waals surface area (Å²) in [6.07, 6.45) is 3.64. The number of halogens is 1. The second-order valence-corrected chi connectivity index (χ2v) is 6.76. The summed E-state index contributed by atoms with van der Waals surface area (Å²) >= 11 is 6.24. The average Bonchev–Trinajstić information content (AvgIpc) is 2.13. The van der Waals surface area contributed by atoms with Gasteiger partial charge in [0.15, 0.2) is 0 Å². The summed E-state index contributed by atoms with van der Waals surface area (Å²) in [5, 5.41) is 0.308. The van der Waals surface area contributed by atoms with Gasteiger partial charge < -0.3 is 4.74 Å². The molecule has 15 heavy (non-hydrogen) atoms. The van der Waals surface area contributed by atoms with E-state index in [1.807, 2.05) is 0 Å². The van der Waals surface area contributed by atoms with Crippen molar-refractivity contribution in [3.63, 3.8) is 0 Å². The summed E-state index contributed by atoms with van der Waals surface area (Å²) in [7, 11) is 0. The molecule has 0 saturated heterocycles. The topological polar surface area (TPSA) is 9.23 Å². The van der Waals surface area contributed by atoms with Gasteiger partial charge in [-0.3, -0.25) is 0 Å². The fourth-order valence-corrected chi connectivity index (χ4v) is 2.44. The van der Waals surface area contributed by atoms with E-state index in [0.717, 1.165) is 25.9 Å². The molecule has 0 amide bonds. The molecule has 90 valence electrons. The first-order valence-corrected chi connectivity index (χ1v) is 6.49. The Bertz CT molecular complexity index is 209. The number of alkyl halides is 1. The van der Waals surface area contributed by atoms with Crippen LogP contribution in [0.1, 0.15) is 53.9 Å². The smallest absolute Gasteiger partial charge is 0.0656 e. The highest BCUT2D eigenvalue weighted by Crippen LogP contribution is 2.49. The maximum Gasteiger partial charge on any atom is 0.0656 e. The predicted octanol–water partition coefficient (Wildman–Crippen LogP) is 4.24. The third kappa shape index (κ3) is 3.10. The predicted molar refractivity (Wildman–Crippen MR) is 66.5 cm³/mol. The lowest BCUT2D eigenvalue weighted by Crippen LogP contribution is -2.53. The molecule has 1 aliphatic rings. The highest BCUT2D eigenvalue weighted by atomic mass is 35.5. The van der Waals surface area contributed by atoms with Crippen molar-refractivity contribution < 1.29 is 4.74 Å². The zero-order valence-electron chi connectivity index (χ0n) is 10.8. The molecule has 1 rings (SSSR count). The van der Waals surface area contributed by atoms with Crippen molar-refractivity contribution in [1.82, 2.24) is 0 Å². The Morgan fingerprint density at radius 3 is 2.40 bits per heavy atom. The lowest BCUT2D eigenvalue weighted by molar-refractivity contribution is -0.104. The summed E-state index contributed by atoms with van der Waals surface area (Å²) in [5.74, 6) is 0. The number of rotatable bonds is 4. The summed E-state index contributed by atoms with van der Waals surface area (Å²) in [6.45, 7) is 12.1. The van der Waals surface area contributed by atoms with Crippen LogP contribution in [-0.4, -0.2) is 18.1 Å². The molecule has 0 bridgehead atoms. The van der Waals surface area contributed by atoms with Crippen LogP contribution in [0.2, 0.25) is 0 Å². The van der Waals surface area contributed by atoms with E-state index in [-0.39, 0.29) is 5.41 Å². The first kappa shape index (κ1) is 13.3. The van der Waals surface area contributed by atoms with Crippen molar-refractivity contribution in [3.05, 3.63) is 0 Å². The van der Waals surface area contributed by atoms with Gasteiger partial charge in [-0.2, -0.15) is 0 Å². The van der Waals surface area contributed by atoms with Gasteiger partial charge in [0, 0.05) is 17.4 Å². The SMILES string of the molecule is CCC1(C)C(Cl)CC1OCCC(C)(C)C. The molecule has 3 atom stereocenters. The third-order valence-corrected chi connectivity index (χ3v) is 4.48. The van der Waals surface area contributed by atoms with Gasteiger partial charge in [-0.15, -0.1) is 11.6 Å². The molecular formula is C13H25ClO. The average molecular weight is 233 g/mol. The molecule has 0 N–H and O–H groups in total. The Morgan fingerprint density at radius 2 is 2.00 bits per heavy atom. The fraction of sp³-hybridized carbons (Fsp3) is 1.00. The van der Waals surface area contributed by atoms with Gasteiger partial charge in [0.05, 0.1) is 6.10 Å². The van der Waals surface area contributed by atoms with Crippen molar-refractivity contribution in [2.45, 2.75) is 65.4 Å². The highest BCUT2D eigenvalue weighted by Gasteiger charge is 2.50. The summed E-state index contributed by atoms with van der Waals surface area (Å²) in [6, 6.07) is 0. The minimum Gasteiger partial charge on any atom is -0.378 e. The summed E-state index contributed by atoms with van der Waals surface area (Å²) in [4.78, 5) is 0. The van der Waals surface area contributed by atoms with Crippen LogP contribution in [0.4, 0.5) is 0 Å². The summed E-state index contributed by atoms with van der Waals surface area (Å²) < 4.78 is 5.95. The van der Waals surface area contributed by atoms with Crippen molar-refractivity contribution in [2.24, 2.45) is 10.8 Å². The molecule has 0 aromatic rings. The van der Waals surface area contributed by atoms with Crippen LogP contribution in [0.5, 0.6) is 0 Å². The maximum absolute atomic E-state index is 6.24. The van der Waals surface area contributed by atoms with E-state index in [9.17, 15) is 0 Å². The van der Waals surface area contributed by atoms with Gasteiger partial charge >= 0.3 is 0 Å². The molecule has 1 fully saturated rings. The fourth-order valence-electron chi connectivity index (χ4n) is 1.98. The second kappa shape index (κ2) is 4.63. The van der Waals surface area contributed by atoms with Crippen LogP contribution in [0.15, 0.2) is 0 Å². The van der Waals surface area contributed by atoms with Gasteiger partial charge in [0.25, 0.3) is 0 Å². The standard InChI is InChI=1S/C13H25ClO/c1-6-13(5)10(14)9-11(13)15-8-7-12(2,3)4/h10-11H,6-9H2,1-5H3. The summed E-state index contributed by atoms with van der Waals surface area (Å²) in [5.41, 5.74) is 0.576. The Labute approximate surface area is 99.5 Å². The largest absolute Gasteiger partial charge is 0.378 e. The van der Waals surface area contributed by atoms with Crippen molar-refractivity contribution in [3.8, 4) is 0 Å². The van der Waals surface area contributed by atoms with Gasteiger partial charge in [0.2, 0.25) is 0 Å². The minimum atomic E-state index is 0.208. The molecular weight excluding hydrogens is 208 g/mol. The van der Waals surface area contributed by atoms with Crippen molar-refractivity contribution in [1.29, 1.82) is 0 Å². The van der Waals surface area contributed by atoms with Gasteiger partial charge in [-0.1, -0.05) is 34.6 Å². The lowest BCUT2D eigenvalue weighted by atomic mass is 9.65. The molecule has 1 saturated carbocycles. The molecule has 0 aliphatic heterocycles. The Morgan fingerprint density at radius 1 is 1.40 bits per heavy atom. The number of ether oxygens (including phenoxy) is 1. The Hall–Kier alpha value is 0.250. The first-order valence-electron chi connectivity index (χ1n) is 6.05. The molecule has 1 nitrogen and oxygen atoms in total. The molecule has 0 spiro atoms. The van der Waals surface area contributed by atoms with E-state index in [2.05, 4.69) is 34.6 Å².